The number of nitrogens with one attached hydrogen (secondary N) is 1. The van der Waals surface area contributed by atoms with Crippen LogP contribution in [0.15, 0.2) is 24.3 Å². The number of hydrogen-bond donors (Lipinski definition) is 2. The van der Waals surface area contributed by atoms with Crippen LogP contribution < -0.4 is 5.32 Å². The van der Waals surface area contributed by atoms with Crippen molar-refractivity contribution in [1.82, 2.24) is 5.32 Å². The van der Waals surface area contributed by atoms with Crippen molar-refractivity contribution in [2.75, 3.05) is 6.54 Å². The predicted octanol–water partition coefficient (Wildman–Crippen LogP) is 0.828. The first-order valence-corrected chi connectivity index (χ1v) is 5.45. The molecule has 0 amide bonds. The average molecular weight is 235 g/mol. The van der Waals surface area contributed by atoms with Gasteiger partial charge in [-0.2, -0.15) is 0 Å². The van der Waals surface area contributed by atoms with Gasteiger partial charge in [0.25, 0.3) is 0 Å². The molecule has 0 unspecified atom stereocenters. The topological polar surface area (TPSA) is 75.6 Å². The fraction of sp³-hybridized carbons (Fsp3) is 0.333. The summed E-state index contributed by atoms with van der Waals surface area (Å²) in [6.45, 7) is 0.771. The van der Waals surface area contributed by atoms with E-state index in [1.165, 1.54) is 24.3 Å². The lowest BCUT2D eigenvalue weighted by atomic mass is 10.2. The molecular formula is C12H13NO4. The van der Waals surface area contributed by atoms with Crippen LogP contribution in [0.25, 0.3) is 0 Å². The third-order valence-electron chi connectivity index (χ3n) is 2.64. The number of benzene rings is 1. The zero-order valence-electron chi connectivity index (χ0n) is 9.18. The Morgan fingerprint density at radius 1 is 1.29 bits per heavy atom. The third kappa shape index (κ3) is 2.82. The van der Waals surface area contributed by atoms with Crippen molar-refractivity contribution in [3.63, 3.8) is 0 Å². The fourth-order valence-corrected chi connectivity index (χ4v) is 1.70. The Morgan fingerprint density at radius 3 is 2.59 bits per heavy atom. The van der Waals surface area contributed by atoms with Crippen molar-refractivity contribution in [2.45, 2.75) is 18.9 Å². The second kappa shape index (κ2) is 4.97. The molecule has 5 nitrogen and oxygen atoms in total. The number of phenols is 1. The van der Waals surface area contributed by atoms with Gasteiger partial charge in [-0.25, -0.2) is 9.59 Å². The summed E-state index contributed by atoms with van der Waals surface area (Å²) in [5.74, 6) is -1.17. The second-order valence-corrected chi connectivity index (χ2v) is 3.90. The quantitative estimate of drug-likeness (QED) is 0.586. The van der Waals surface area contributed by atoms with Gasteiger partial charge < -0.3 is 15.2 Å². The number of carbonyl (C=O) groups is 2. The molecule has 1 heterocycles. The zero-order chi connectivity index (χ0) is 12.3. The van der Waals surface area contributed by atoms with Crippen LogP contribution >= 0.6 is 0 Å². The Balaban J connectivity index is 1.96. The van der Waals surface area contributed by atoms with Gasteiger partial charge in [-0.05, 0) is 43.7 Å². The highest BCUT2D eigenvalue weighted by molar-refractivity contribution is 5.98. The van der Waals surface area contributed by atoms with Gasteiger partial charge in [0, 0.05) is 0 Å². The first kappa shape index (κ1) is 11.6. The van der Waals surface area contributed by atoms with Crippen LogP contribution in [0.3, 0.4) is 0 Å². The molecule has 0 saturated carbocycles. The molecule has 0 bridgehead atoms. The van der Waals surface area contributed by atoms with E-state index < -0.39 is 11.9 Å². The molecule has 0 aromatic heterocycles. The number of phenolic OH excluding ortho intramolecular Hbond substituents is 1. The van der Waals surface area contributed by atoms with Crippen molar-refractivity contribution >= 4 is 11.9 Å². The smallest absolute Gasteiger partial charge is 0.345 e. The molecule has 1 saturated heterocycles. The van der Waals surface area contributed by atoms with E-state index >= 15 is 0 Å². The highest BCUT2D eigenvalue weighted by atomic mass is 16.6. The minimum atomic E-state index is -0.691. The van der Waals surface area contributed by atoms with Gasteiger partial charge in [0.1, 0.15) is 11.8 Å². The first-order valence-electron chi connectivity index (χ1n) is 5.45. The third-order valence-corrected chi connectivity index (χ3v) is 2.64. The monoisotopic (exact) mass is 235 g/mol. The van der Waals surface area contributed by atoms with Crippen LogP contribution in [0.4, 0.5) is 0 Å². The van der Waals surface area contributed by atoms with E-state index in [9.17, 15) is 9.59 Å². The summed E-state index contributed by atoms with van der Waals surface area (Å²) in [5.41, 5.74) is 0.245. The molecule has 1 aliphatic heterocycles. The summed E-state index contributed by atoms with van der Waals surface area (Å²) in [4.78, 5) is 23.1. The lowest BCUT2D eigenvalue weighted by Crippen LogP contribution is -2.33. The molecule has 1 aliphatic rings. The average Bonchev–Trinajstić information content (AvgIpc) is 2.83. The summed E-state index contributed by atoms with van der Waals surface area (Å²) in [7, 11) is 0. The van der Waals surface area contributed by atoms with Crippen LogP contribution in [0.2, 0.25) is 0 Å². The van der Waals surface area contributed by atoms with Gasteiger partial charge >= 0.3 is 11.9 Å². The van der Waals surface area contributed by atoms with E-state index in [-0.39, 0.29) is 17.4 Å². The summed E-state index contributed by atoms with van der Waals surface area (Å²) >= 11 is 0. The SMILES string of the molecule is O=C(OC(=O)[C@@H]1CCCN1)c1ccc(O)cc1. The molecule has 17 heavy (non-hydrogen) atoms. The summed E-state index contributed by atoms with van der Waals surface area (Å²) in [5, 5.41) is 12.0. The molecule has 0 aliphatic carbocycles. The van der Waals surface area contributed by atoms with Gasteiger partial charge in [-0.3, -0.25) is 0 Å². The molecular weight excluding hydrogens is 222 g/mol. The van der Waals surface area contributed by atoms with Gasteiger partial charge in [0.2, 0.25) is 0 Å². The lowest BCUT2D eigenvalue weighted by Gasteiger charge is -2.08. The van der Waals surface area contributed by atoms with E-state index in [1.807, 2.05) is 0 Å². The Morgan fingerprint density at radius 2 is 2.00 bits per heavy atom. The van der Waals surface area contributed by atoms with E-state index in [1.54, 1.807) is 0 Å². The van der Waals surface area contributed by atoms with E-state index in [0.717, 1.165) is 13.0 Å². The largest absolute Gasteiger partial charge is 0.508 e. The van der Waals surface area contributed by atoms with Crippen molar-refractivity contribution in [3.05, 3.63) is 29.8 Å². The Hall–Kier alpha value is -1.88. The second-order valence-electron chi connectivity index (χ2n) is 3.90. The van der Waals surface area contributed by atoms with Crippen LogP contribution in [-0.2, 0) is 9.53 Å². The number of rotatable bonds is 2. The van der Waals surface area contributed by atoms with E-state index in [0.29, 0.717) is 6.42 Å². The van der Waals surface area contributed by atoms with E-state index in [2.05, 4.69) is 5.32 Å². The van der Waals surface area contributed by atoms with Crippen LogP contribution in [0, 0.1) is 0 Å². The van der Waals surface area contributed by atoms with E-state index in [4.69, 9.17) is 9.84 Å². The summed E-state index contributed by atoms with van der Waals surface area (Å²) < 4.78 is 4.74. The number of carbonyl (C=O) groups excluding carboxylic acids is 2. The normalized spacial score (nSPS) is 18.9. The Kier molecular flexibility index (Phi) is 3.39. The molecule has 2 rings (SSSR count). The molecule has 1 aromatic rings. The fourth-order valence-electron chi connectivity index (χ4n) is 1.70. The Bertz CT molecular complexity index is 421. The zero-order valence-corrected chi connectivity index (χ0v) is 9.18. The van der Waals surface area contributed by atoms with Crippen molar-refractivity contribution in [3.8, 4) is 5.75 Å². The van der Waals surface area contributed by atoms with Crippen molar-refractivity contribution < 1.29 is 19.4 Å². The first-order chi connectivity index (χ1) is 8.16. The number of ether oxygens (including phenoxy) is 1. The predicted molar refractivity (Wildman–Crippen MR) is 59.6 cm³/mol. The maximum atomic E-state index is 11.6. The molecule has 1 fully saturated rings. The molecule has 0 radical (unpaired) electrons. The highest BCUT2D eigenvalue weighted by Gasteiger charge is 2.25. The van der Waals surface area contributed by atoms with Gasteiger partial charge in [-0.1, -0.05) is 0 Å². The number of esters is 2. The van der Waals surface area contributed by atoms with Gasteiger partial charge in [-0.15, -0.1) is 0 Å². The van der Waals surface area contributed by atoms with Crippen molar-refractivity contribution in [2.24, 2.45) is 0 Å². The molecule has 2 N–H and O–H groups in total. The molecule has 90 valence electrons. The molecule has 1 aromatic carbocycles. The summed E-state index contributed by atoms with van der Waals surface area (Å²) in [6.07, 6.45) is 1.61. The number of hydrogen-bond acceptors (Lipinski definition) is 5. The number of aromatic hydroxyl groups is 1. The summed E-state index contributed by atoms with van der Waals surface area (Å²) in [6, 6.07) is 5.18. The minimum absolute atomic E-state index is 0.0605. The lowest BCUT2D eigenvalue weighted by molar-refractivity contribution is -0.139. The highest BCUT2D eigenvalue weighted by Crippen LogP contribution is 2.12. The molecule has 0 spiro atoms. The van der Waals surface area contributed by atoms with Crippen LogP contribution in [0.5, 0.6) is 5.75 Å². The van der Waals surface area contributed by atoms with Gasteiger partial charge in [0.15, 0.2) is 0 Å². The Labute approximate surface area is 98.4 Å². The molecule has 1 atom stereocenters. The van der Waals surface area contributed by atoms with Gasteiger partial charge in [0.05, 0.1) is 5.56 Å². The maximum absolute atomic E-state index is 11.6. The maximum Gasteiger partial charge on any atom is 0.345 e. The molecule has 5 heteroatoms. The van der Waals surface area contributed by atoms with Crippen LogP contribution in [-0.4, -0.2) is 29.6 Å². The standard InChI is InChI=1S/C12H13NO4/c14-9-5-3-8(4-6-9)11(15)17-12(16)10-2-1-7-13-10/h3-6,10,13-14H,1-2,7H2/t10-/m0/s1. The van der Waals surface area contributed by atoms with Crippen LogP contribution in [0.1, 0.15) is 23.2 Å². The van der Waals surface area contributed by atoms with Crippen molar-refractivity contribution in [1.29, 1.82) is 0 Å². The minimum Gasteiger partial charge on any atom is -0.508 e.